The lowest BCUT2D eigenvalue weighted by Crippen LogP contribution is -2.26. The molecule has 0 N–H and O–H groups in total. The monoisotopic (exact) mass is 446 g/mol. The van der Waals surface area contributed by atoms with E-state index in [1.165, 1.54) is 0 Å². The minimum atomic E-state index is -3.88. The summed E-state index contributed by atoms with van der Waals surface area (Å²) in [6.45, 7) is 20.6. The summed E-state index contributed by atoms with van der Waals surface area (Å²) in [6.07, 6.45) is 0. The number of phosphoric acid groups is 2. The lowest BCUT2D eigenvalue weighted by Gasteiger charge is -2.32. The van der Waals surface area contributed by atoms with Gasteiger partial charge in [0.1, 0.15) is 0 Å². The SMILES string of the molecule is CC(C)(C)OP(=O)(OCCOP(=O)(OC(C)(C)C)OC(C)(C)C)OC(C)(C)C. The van der Waals surface area contributed by atoms with Gasteiger partial charge in [-0.2, -0.15) is 0 Å². The zero-order valence-corrected chi connectivity index (χ0v) is 21.4. The Morgan fingerprint density at radius 2 is 0.643 bits per heavy atom. The van der Waals surface area contributed by atoms with Gasteiger partial charge in [-0.1, -0.05) is 0 Å². The van der Waals surface area contributed by atoms with Crippen molar-refractivity contribution in [3.63, 3.8) is 0 Å². The Bertz CT molecular complexity index is 484. The van der Waals surface area contributed by atoms with Crippen LogP contribution in [0, 0.1) is 0 Å². The zero-order valence-electron chi connectivity index (χ0n) is 19.6. The predicted molar refractivity (Wildman–Crippen MR) is 110 cm³/mol. The highest BCUT2D eigenvalue weighted by Gasteiger charge is 2.39. The van der Waals surface area contributed by atoms with Crippen molar-refractivity contribution in [3.8, 4) is 0 Å². The fourth-order valence-corrected chi connectivity index (χ4v) is 5.35. The predicted octanol–water partition coefficient (Wildman–Crippen LogP) is 6.50. The maximum atomic E-state index is 13.0. The topological polar surface area (TPSA) is 89.5 Å². The van der Waals surface area contributed by atoms with E-state index < -0.39 is 38.0 Å². The Kier molecular flexibility index (Phi) is 9.65. The highest BCUT2D eigenvalue weighted by molar-refractivity contribution is 7.49. The van der Waals surface area contributed by atoms with Crippen LogP contribution in [-0.2, 0) is 36.3 Å². The molecule has 10 heteroatoms. The molecule has 0 fully saturated rings. The molecule has 0 heterocycles. The Hall–Kier alpha value is 0.220. The largest absolute Gasteiger partial charge is 0.475 e. The minimum Gasteiger partial charge on any atom is -0.284 e. The second kappa shape index (κ2) is 9.57. The van der Waals surface area contributed by atoms with Crippen molar-refractivity contribution in [2.45, 2.75) is 105 Å². The number of hydrogen-bond donors (Lipinski definition) is 0. The van der Waals surface area contributed by atoms with E-state index in [9.17, 15) is 9.13 Å². The first-order valence-electron chi connectivity index (χ1n) is 9.35. The molecule has 0 aromatic rings. The summed E-state index contributed by atoms with van der Waals surface area (Å²) in [5, 5.41) is 0. The van der Waals surface area contributed by atoms with E-state index in [0.717, 1.165) is 0 Å². The van der Waals surface area contributed by atoms with E-state index in [-0.39, 0.29) is 13.2 Å². The van der Waals surface area contributed by atoms with Crippen molar-refractivity contribution in [2.24, 2.45) is 0 Å². The van der Waals surface area contributed by atoms with Crippen molar-refractivity contribution in [2.75, 3.05) is 13.2 Å². The van der Waals surface area contributed by atoms with Gasteiger partial charge in [0, 0.05) is 0 Å². The van der Waals surface area contributed by atoms with Gasteiger partial charge in [-0.15, -0.1) is 0 Å². The molecule has 0 aromatic heterocycles. The molecular formula is C18H40O8P2. The van der Waals surface area contributed by atoms with Crippen LogP contribution in [0.3, 0.4) is 0 Å². The molecule has 0 aliphatic carbocycles. The standard InChI is InChI=1S/C18H40O8P2/c1-15(2,3)23-27(19,24-16(4,5)6)21-13-14-22-28(20,25-17(7,8)9)26-18(10,11)12/h13-14H2,1-12H3. The second-order valence-electron chi connectivity index (χ2n) is 10.4. The molecular weight excluding hydrogens is 406 g/mol. The lowest BCUT2D eigenvalue weighted by molar-refractivity contribution is -0.0154. The molecule has 0 rings (SSSR count). The van der Waals surface area contributed by atoms with E-state index in [1.54, 1.807) is 83.1 Å². The van der Waals surface area contributed by atoms with Crippen LogP contribution in [0.1, 0.15) is 83.1 Å². The van der Waals surface area contributed by atoms with E-state index in [0.29, 0.717) is 0 Å². The van der Waals surface area contributed by atoms with E-state index >= 15 is 0 Å². The van der Waals surface area contributed by atoms with Gasteiger partial charge in [-0.25, -0.2) is 9.13 Å². The molecule has 0 atom stereocenters. The summed E-state index contributed by atoms with van der Waals surface area (Å²) < 4.78 is 58.8. The Balaban J connectivity index is 5.10. The molecule has 0 saturated carbocycles. The molecule has 0 bridgehead atoms. The Labute approximate surface area is 171 Å². The molecule has 28 heavy (non-hydrogen) atoms. The number of hydrogen-bond acceptors (Lipinski definition) is 8. The third-order valence-corrected chi connectivity index (χ3v) is 6.21. The molecule has 0 aliphatic heterocycles. The first kappa shape index (κ1) is 28.2. The Morgan fingerprint density at radius 1 is 0.464 bits per heavy atom. The van der Waals surface area contributed by atoms with Crippen molar-refractivity contribution in [1.29, 1.82) is 0 Å². The highest BCUT2D eigenvalue weighted by atomic mass is 31.2. The van der Waals surface area contributed by atoms with Gasteiger partial charge in [0.15, 0.2) is 0 Å². The van der Waals surface area contributed by atoms with Crippen LogP contribution >= 0.6 is 15.6 Å². The molecule has 8 nitrogen and oxygen atoms in total. The van der Waals surface area contributed by atoms with Gasteiger partial charge in [0.25, 0.3) is 0 Å². The average molecular weight is 446 g/mol. The highest BCUT2D eigenvalue weighted by Crippen LogP contribution is 2.57. The van der Waals surface area contributed by atoms with Gasteiger partial charge in [-0.3, -0.25) is 27.1 Å². The average Bonchev–Trinajstić information content (AvgIpc) is 2.24. The van der Waals surface area contributed by atoms with E-state index in [4.69, 9.17) is 27.1 Å². The smallest absolute Gasteiger partial charge is 0.284 e. The lowest BCUT2D eigenvalue weighted by atomic mass is 10.2. The van der Waals surface area contributed by atoms with Crippen LogP contribution in [0.2, 0.25) is 0 Å². The summed E-state index contributed by atoms with van der Waals surface area (Å²) in [6, 6.07) is 0. The molecule has 0 amide bonds. The fraction of sp³-hybridized carbons (Fsp3) is 1.00. The molecule has 0 spiro atoms. The van der Waals surface area contributed by atoms with Crippen molar-refractivity contribution in [3.05, 3.63) is 0 Å². The summed E-state index contributed by atoms with van der Waals surface area (Å²) in [7, 11) is -7.76. The van der Waals surface area contributed by atoms with Crippen molar-refractivity contribution < 1.29 is 36.3 Å². The minimum absolute atomic E-state index is 0.186. The van der Waals surface area contributed by atoms with Crippen LogP contribution in [-0.4, -0.2) is 35.6 Å². The van der Waals surface area contributed by atoms with Crippen LogP contribution < -0.4 is 0 Å². The van der Waals surface area contributed by atoms with E-state index in [1.807, 2.05) is 0 Å². The molecule has 0 saturated heterocycles. The summed E-state index contributed by atoms with van der Waals surface area (Å²) in [5.74, 6) is 0. The van der Waals surface area contributed by atoms with Gasteiger partial charge < -0.3 is 0 Å². The third-order valence-electron chi connectivity index (χ3n) is 2.12. The van der Waals surface area contributed by atoms with Crippen LogP contribution in [0.4, 0.5) is 0 Å². The quantitative estimate of drug-likeness (QED) is 0.293. The second-order valence-corrected chi connectivity index (χ2v) is 13.4. The maximum absolute atomic E-state index is 13.0. The zero-order chi connectivity index (χ0) is 22.7. The van der Waals surface area contributed by atoms with Crippen LogP contribution in [0.15, 0.2) is 0 Å². The first-order chi connectivity index (χ1) is 12.0. The normalized spacial score (nSPS) is 15.1. The van der Waals surface area contributed by atoms with Crippen molar-refractivity contribution in [1.82, 2.24) is 0 Å². The summed E-state index contributed by atoms with van der Waals surface area (Å²) in [5.41, 5.74) is -2.99. The van der Waals surface area contributed by atoms with Gasteiger partial charge >= 0.3 is 15.6 Å². The summed E-state index contributed by atoms with van der Waals surface area (Å²) >= 11 is 0. The van der Waals surface area contributed by atoms with E-state index in [2.05, 4.69) is 0 Å². The molecule has 0 radical (unpaired) electrons. The molecule has 170 valence electrons. The van der Waals surface area contributed by atoms with Gasteiger partial charge in [0.05, 0.1) is 35.6 Å². The van der Waals surface area contributed by atoms with Gasteiger partial charge in [0.2, 0.25) is 0 Å². The van der Waals surface area contributed by atoms with Crippen LogP contribution in [0.5, 0.6) is 0 Å². The third kappa shape index (κ3) is 15.1. The fourth-order valence-electron chi connectivity index (χ4n) is 1.78. The molecule has 0 aromatic carbocycles. The van der Waals surface area contributed by atoms with Crippen LogP contribution in [0.25, 0.3) is 0 Å². The first-order valence-corrected chi connectivity index (χ1v) is 12.3. The number of phosphoric ester groups is 2. The molecule has 0 aliphatic rings. The number of rotatable bonds is 9. The maximum Gasteiger partial charge on any atom is 0.475 e. The Morgan fingerprint density at radius 3 is 0.786 bits per heavy atom. The van der Waals surface area contributed by atoms with Crippen molar-refractivity contribution >= 4 is 15.6 Å². The summed E-state index contributed by atoms with van der Waals surface area (Å²) in [4.78, 5) is 0. The van der Waals surface area contributed by atoms with Gasteiger partial charge in [-0.05, 0) is 83.1 Å². The molecule has 0 unspecified atom stereocenters.